The number of ether oxygens (including phenoxy) is 3. The first kappa shape index (κ1) is 25.5. The van der Waals surface area contributed by atoms with Gasteiger partial charge in [-0.3, -0.25) is 4.79 Å². The molecule has 1 N–H and O–H groups in total. The number of aromatic nitrogens is 2. The van der Waals surface area contributed by atoms with Crippen molar-refractivity contribution in [2.24, 2.45) is 0 Å². The number of nitrogens with one attached hydrogen (secondary N) is 1. The van der Waals surface area contributed by atoms with Crippen molar-refractivity contribution >= 4 is 57.4 Å². The largest absolute Gasteiger partial charge is 0.468 e. The van der Waals surface area contributed by atoms with Gasteiger partial charge in [0.15, 0.2) is 18.2 Å². The van der Waals surface area contributed by atoms with Gasteiger partial charge in [0.2, 0.25) is 0 Å². The van der Waals surface area contributed by atoms with Crippen molar-refractivity contribution in [2.45, 2.75) is 27.0 Å². The second kappa shape index (κ2) is 11.4. The highest BCUT2D eigenvalue weighted by atomic mass is 35.5. The molecule has 0 unspecified atom stereocenters. The molecule has 180 valence electrons. The Morgan fingerprint density at radius 1 is 1.15 bits per heavy atom. The maximum Gasteiger partial charge on any atom is 0.348 e. The summed E-state index contributed by atoms with van der Waals surface area (Å²) in [5.74, 6) is -1.55. The lowest BCUT2D eigenvalue weighted by molar-refractivity contribution is 0.0506. The predicted octanol–water partition coefficient (Wildman–Crippen LogP) is 5.20. The molecule has 9 nitrogen and oxygen atoms in total. The zero-order chi connectivity index (χ0) is 24.8. The fourth-order valence-electron chi connectivity index (χ4n) is 2.87. The topological polar surface area (TPSA) is 109 Å². The molecule has 2 aromatic heterocycles. The van der Waals surface area contributed by atoms with Gasteiger partial charge in [-0.2, -0.15) is 5.10 Å². The average molecular weight is 526 g/mol. The highest BCUT2D eigenvalue weighted by Gasteiger charge is 2.27. The molecule has 0 atom stereocenters. The molecule has 0 fully saturated rings. The van der Waals surface area contributed by atoms with Crippen LogP contribution >= 0.6 is 34.5 Å². The van der Waals surface area contributed by atoms with Crippen molar-refractivity contribution in [1.82, 2.24) is 9.78 Å². The Hall–Kier alpha value is -3.08. The van der Waals surface area contributed by atoms with Gasteiger partial charge in [-0.1, -0.05) is 36.2 Å². The minimum Gasteiger partial charge on any atom is -0.468 e. The normalized spacial score (nSPS) is 10.6. The van der Waals surface area contributed by atoms with Crippen LogP contribution in [0, 0.1) is 6.92 Å². The predicted molar refractivity (Wildman–Crippen MR) is 128 cm³/mol. The zero-order valence-corrected chi connectivity index (χ0v) is 20.8. The molecule has 3 aromatic rings. The van der Waals surface area contributed by atoms with Crippen LogP contribution in [-0.2, 0) is 16.2 Å². The first-order chi connectivity index (χ1) is 16.3. The number of nitrogens with zero attached hydrogens (tertiary/aromatic N) is 2. The van der Waals surface area contributed by atoms with E-state index >= 15 is 0 Å². The molecule has 0 saturated heterocycles. The number of carbonyl (C=O) groups excluding carboxylic acids is 3. The molecule has 0 bridgehead atoms. The van der Waals surface area contributed by atoms with E-state index < -0.39 is 17.8 Å². The van der Waals surface area contributed by atoms with Crippen molar-refractivity contribution in [3.63, 3.8) is 0 Å². The van der Waals surface area contributed by atoms with E-state index in [0.717, 1.165) is 11.3 Å². The summed E-state index contributed by atoms with van der Waals surface area (Å²) in [6.07, 6.45) is 2.16. The van der Waals surface area contributed by atoms with Crippen LogP contribution in [0.1, 0.15) is 49.4 Å². The number of rotatable bonds is 9. The Morgan fingerprint density at radius 2 is 1.85 bits per heavy atom. The minimum atomic E-state index is -0.642. The summed E-state index contributed by atoms with van der Waals surface area (Å²) in [6.45, 7) is 3.60. The van der Waals surface area contributed by atoms with Crippen molar-refractivity contribution in [1.29, 1.82) is 0 Å². The number of para-hydroxylation sites is 1. The number of methoxy groups -OCH3 is 1. The SMILES string of the molecule is CCCOC(=O)c1c(NC(=O)c2ccn(COc3c(Cl)cccc3Cl)n2)sc(C(=O)OC)c1C. The van der Waals surface area contributed by atoms with Crippen molar-refractivity contribution in [2.75, 3.05) is 19.0 Å². The maximum atomic E-state index is 12.8. The first-order valence-corrected chi connectivity index (χ1v) is 11.6. The average Bonchev–Trinajstić information content (AvgIpc) is 3.41. The summed E-state index contributed by atoms with van der Waals surface area (Å²) in [4.78, 5) is 37.7. The van der Waals surface area contributed by atoms with E-state index in [2.05, 4.69) is 10.4 Å². The molecule has 34 heavy (non-hydrogen) atoms. The third-order valence-electron chi connectivity index (χ3n) is 4.52. The molecule has 1 aromatic carbocycles. The van der Waals surface area contributed by atoms with Crippen molar-refractivity contribution in [3.8, 4) is 5.75 Å². The summed E-state index contributed by atoms with van der Waals surface area (Å²) in [5.41, 5.74) is 0.527. The van der Waals surface area contributed by atoms with Crippen molar-refractivity contribution in [3.05, 3.63) is 62.2 Å². The number of anilines is 1. The van der Waals surface area contributed by atoms with E-state index in [1.807, 2.05) is 6.92 Å². The Bertz CT molecular complexity index is 1200. The zero-order valence-electron chi connectivity index (χ0n) is 18.5. The van der Waals surface area contributed by atoms with E-state index in [1.165, 1.54) is 24.1 Å². The van der Waals surface area contributed by atoms with Gasteiger partial charge in [0.1, 0.15) is 9.88 Å². The monoisotopic (exact) mass is 525 g/mol. The molecule has 0 aliphatic rings. The third-order valence-corrected chi connectivity index (χ3v) is 6.30. The Balaban J connectivity index is 1.78. The van der Waals surface area contributed by atoms with Crippen LogP contribution in [0.5, 0.6) is 5.75 Å². The van der Waals surface area contributed by atoms with Gasteiger partial charge in [0, 0.05) is 6.20 Å². The van der Waals surface area contributed by atoms with E-state index in [0.29, 0.717) is 27.8 Å². The molecule has 0 spiro atoms. The number of esters is 2. The van der Waals surface area contributed by atoms with Gasteiger partial charge < -0.3 is 19.5 Å². The van der Waals surface area contributed by atoms with Crippen LogP contribution in [0.2, 0.25) is 10.0 Å². The molecule has 0 aliphatic carbocycles. The van der Waals surface area contributed by atoms with Crippen LogP contribution in [0.15, 0.2) is 30.5 Å². The van der Waals surface area contributed by atoms with Gasteiger partial charge in [0.25, 0.3) is 5.91 Å². The maximum absolute atomic E-state index is 12.8. The van der Waals surface area contributed by atoms with Crippen LogP contribution < -0.4 is 10.1 Å². The lowest BCUT2D eigenvalue weighted by Crippen LogP contribution is -2.16. The molecule has 12 heteroatoms. The fraction of sp³-hybridized carbons (Fsp3) is 0.273. The van der Waals surface area contributed by atoms with Gasteiger partial charge in [-0.25, -0.2) is 14.3 Å². The molecule has 0 radical (unpaired) electrons. The number of benzene rings is 1. The van der Waals surface area contributed by atoms with E-state index in [-0.39, 0.29) is 34.5 Å². The van der Waals surface area contributed by atoms with Crippen molar-refractivity contribution < 1.29 is 28.6 Å². The van der Waals surface area contributed by atoms with Crippen LogP contribution in [-0.4, -0.2) is 41.3 Å². The third kappa shape index (κ3) is 5.69. The first-order valence-electron chi connectivity index (χ1n) is 10.1. The van der Waals surface area contributed by atoms with Gasteiger partial charge in [-0.05, 0) is 37.1 Å². The molecular formula is C22H21Cl2N3O6S. The van der Waals surface area contributed by atoms with Crippen LogP contribution in [0.4, 0.5) is 5.00 Å². The molecule has 0 saturated carbocycles. The van der Waals surface area contributed by atoms with Gasteiger partial charge >= 0.3 is 11.9 Å². The lowest BCUT2D eigenvalue weighted by Gasteiger charge is -2.09. The van der Waals surface area contributed by atoms with E-state index in [1.54, 1.807) is 25.1 Å². The molecule has 0 aliphatic heterocycles. The number of amides is 1. The molecular weight excluding hydrogens is 505 g/mol. The second-order valence-corrected chi connectivity index (χ2v) is 8.74. The molecule has 3 rings (SSSR count). The van der Waals surface area contributed by atoms with E-state index in [4.69, 9.17) is 37.4 Å². The summed E-state index contributed by atoms with van der Waals surface area (Å²) in [5, 5.41) is 7.67. The summed E-state index contributed by atoms with van der Waals surface area (Å²) in [6, 6.07) is 6.45. The van der Waals surface area contributed by atoms with Gasteiger partial charge in [-0.15, -0.1) is 11.3 Å². The summed E-state index contributed by atoms with van der Waals surface area (Å²) < 4.78 is 17.0. The smallest absolute Gasteiger partial charge is 0.348 e. The highest BCUT2D eigenvalue weighted by Crippen LogP contribution is 2.35. The standard InChI is InChI=1S/C22H21Cl2N3O6S/c1-4-10-32-21(29)16-12(2)18(22(30)31-3)34-20(16)25-19(28)15-8-9-27(26-15)11-33-17-13(23)6-5-7-14(17)24/h5-9H,4,10-11H2,1-3H3,(H,25,28). The minimum absolute atomic E-state index is 0.0457. The van der Waals surface area contributed by atoms with Gasteiger partial charge in [0.05, 0.1) is 29.3 Å². The summed E-state index contributed by atoms with van der Waals surface area (Å²) >= 11 is 13.1. The number of halogens is 2. The molecule has 1 amide bonds. The second-order valence-electron chi connectivity index (χ2n) is 6.91. The molecule has 2 heterocycles. The number of thiophene rings is 1. The Kier molecular flexibility index (Phi) is 8.54. The number of hydrogen-bond donors (Lipinski definition) is 1. The summed E-state index contributed by atoms with van der Waals surface area (Å²) in [7, 11) is 1.24. The fourth-order valence-corrected chi connectivity index (χ4v) is 4.49. The van der Waals surface area contributed by atoms with Crippen LogP contribution in [0.3, 0.4) is 0 Å². The quantitative estimate of drug-likeness (QED) is 0.382. The Morgan fingerprint density at radius 3 is 2.50 bits per heavy atom. The van der Waals surface area contributed by atoms with Crippen LogP contribution in [0.25, 0.3) is 0 Å². The lowest BCUT2D eigenvalue weighted by atomic mass is 10.1. The number of carbonyl (C=O) groups is 3. The Labute approximate surface area is 209 Å². The highest BCUT2D eigenvalue weighted by molar-refractivity contribution is 7.18. The van der Waals surface area contributed by atoms with E-state index in [9.17, 15) is 14.4 Å². The number of hydrogen-bond acceptors (Lipinski definition) is 8.